The number of halogens is 3. The highest BCUT2D eigenvalue weighted by atomic mass is 35.5. The number of hydrogen-bond donors (Lipinski definition) is 3. The van der Waals surface area contributed by atoms with Crippen LogP contribution in [0, 0.1) is 0 Å². The van der Waals surface area contributed by atoms with Crippen molar-refractivity contribution < 1.29 is 14.7 Å². The molecule has 2 aromatic carbocycles. The fraction of sp³-hybridized carbons (Fsp3) is 0.240. The fourth-order valence-corrected chi connectivity index (χ4v) is 3.79. The number of carbonyl (C=O) groups is 2. The largest absolute Gasteiger partial charge is 0.387 e. The van der Waals surface area contributed by atoms with Crippen LogP contribution in [0.15, 0.2) is 60.8 Å². The topological polar surface area (TPSA) is 94.6 Å². The van der Waals surface area contributed by atoms with Gasteiger partial charge in [0.15, 0.2) is 0 Å². The number of urea groups is 1. The van der Waals surface area contributed by atoms with E-state index in [1.807, 2.05) is 13.8 Å². The first kappa shape index (κ1) is 26.8. The number of amides is 3. The lowest BCUT2D eigenvalue weighted by molar-refractivity contribution is 0.0950. The first-order chi connectivity index (χ1) is 16.7. The SMILES string of the molecule is CC(C)N(C[C@@H](O)c1ccc(Cl)c(Cl)c1)C(=O)Nc1ccc(CNC(=O)c2cccnc2Cl)cc1. The van der Waals surface area contributed by atoms with Crippen LogP contribution < -0.4 is 10.6 Å². The number of pyridine rings is 1. The second-order valence-electron chi connectivity index (χ2n) is 8.09. The molecular formula is C25H25Cl3N4O3. The first-order valence-corrected chi connectivity index (χ1v) is 12.0. The van der Waals surface area contributed by atoms with Crippen molar-refractivity contribution in [2.75, 3.05) is 11.9 Å². The minimum Gasteiger partial charge on any atom is -0.387 e. The predicted molar refractivity (Wildman–Crippen MR) is 139 cm³/mol. The van der Waals surface area contributed by atoms with Crippen molar-refractivity contribution in [3.63, 3.8) is 0 Å². The summed E-state index contributed by atoms with van der Waals surface area (Å²) in [5.74, 6) is -0.325. The number of aromatic nitrogens is 1. The molecule has 1 atom stereocenters. The molecule has 0 aliphatic carbocycles. The highest BCUT2D eigenvalue weighted by Crippen LogP contribution is 2.26. The van der Waals surface area contributed by atoms with Gasteiger partial charge in [0.1, 0.15) is 5.15 Å². The molecule has 0 aliphatic rings. The van der Waals surface area contributed by atoms with Gasteiger partial charge in [0, 0.05) is 24.5 Å². The second kappa shape index (κ2) is 12.2. The Morgan fingerprint density at radius 1 is 1.03 bits per heavy atom. The number of aliphatic hydroxyl groups is 1. The van der Waals surface area contributed by atoms with Crippen molar-refractivity contribution in [2.24, 2.45) is 0 Å². The lowest BCUT2D eigenvalue weighted by Crippen LogP contribution is -2.42. The van der Waals surface area contributed by atoms with Gasteiger partial charge in [-0.3, -0.25) is 4.79 Å². The van der Waals surface area contributed by atoms with Gasteiger partial charge in [-0.25, -0.2) is 9.78 Å². The van der Waals surface area contributed by atoms with E-state index in [-0.39, 0.29) is 36.2 Å². The summed E-state index contributed by atoms with van der Waals surface area (Å²) in [6, 6.07) is 14.7. The molecule has 0 unspecified atom stereocenters. The van der Waals surface area contributed by atoms with E-state index >= 15 is 0 Å². The van der Waals surface area contributed by atoms with E-state index in [9.17, 15) is 14.7 Å². The first-order valence-electron chi connectivity index (χ1n) is 10.8. The summed E-state index contributed by atoms with van der Waals surface area (Å²) in [6.07, 6.45) is 0.581. The summed E-state index contributed by atoms with van der Waals surface area (Å²) in [4.78, 5) is 30.6. The molecule has 1 aromatic heterocycles. The number of carbonyl (C=O) groups excluding carboxylic acids is 2. The van der Waals surface area contributed by atoms with Crippen molar-refractivity contribution in [1.29, 1.82) is 0 Å². The molecule has 7 nitrogen and oxygen atoms in total. The Kier molecular flexibility index (Phi) is 9.34. The van der Waals surface area contributed by atoms with Crippen LogP contribution in [0.5, 0.6) is 0 Å². The molecule has 1 heterocycles. The number of rotatable bonds is 8. The van der Waals surface area contributed by atoms with Crippen molar-refractivity contribution in [3.05, 3.63) is 92.7 Å². The number of benzene rings is 2. The Labute approximate surface area is 219 Å². The molecule has 10 heteroatoms. The molecule has 0 fully saturated rings. The van der Waals surface area contributed by atoms with Gasteiger partial charge in [0.05, 0.1) is 28.3 Å². The molecular weight excluding hydrogens is 511 g/mol. The van der Waals surface area contributed by atoms with Crippen LogP contribution in [0.2, 0.25) is 15.2 Å². The highest BCUT2D eigenvalue weighted by Gasteiger charge is 2.22. The Morgan fingerprint density at radius 3 is 2.37 bits per heavy atom. The third-order valence-electron chi connectivity index (χ3n) is 5.24. The van der Waals surface area contributed by atoms with Crippen LogP contribution in [0.25, 0.3) is 0 Å². The van der Waals surface area contributed by atoms with E-state index in [1.165, 1.54) is 11.1 Å². The maximum atomic E-state index is 12.9. The normalized spacial score (nSPS) is 11.7. The average molecular weight is 536 g/mol. The number of anilines is 1. The van der Waals surface area contributed by atoms with Crippen molar-refractivity contribution in [3.8, 4) is 0 Å². The Balaban J connectivity index is 1.58. The summed E-state index contributed by atoms with van der Waals surface area (Å²) < 4.78 is 0. The van der Waals surface area contributed by atoms with Crippen LogP contribution in [0.3, 0.4) is 0 Å². The van der Waals surface area contributed by atoms with Gasteiger partial charge >= 0.3 is 6.03 Å². The summed E-state index contributed by atoms with van der Waals surface area (Å²) in [6.45, 7) is 4.08. The molecule has 0 saturated carbocycles. The van der Waals surface area contributed by atoms with Gasteiger partial charge in [-0.05, 0) is 61.4 Å². The Hall–Kier alpha value is -2.84. The monoisotopic (exact) mass is 534 g/mol. The van der Waals surface area contributed by atoms with Crippen LogP contribution in [0.4, 0.5) is 10.5 Å². The lowest BCUT2D eigenvalue weighted by Gasteiger charge is -2.29. The van der Waals surface area contributed by atoms with Crippen molar-refractivity contribution in [1.82, 2.24) is 15.2 Å². The van der Waals surface area contributed by atoms with Crippen LogP contribution in [-0.4, -0.2) is 39.5 Å². The highest BCUT2D eigenvalue weighted by molar-refractivity contribution is 6.42. The second-order valence-corrected chi connectivity index (χ2v) is 9.26. The minimum absolute atomic E-state index is 0.0719. The maximum absolute atomic E-state index is 12.9. The smallest absolute Gasteiger partial charge is 0.322 e. The van der Waals surface area contributed by atoms with E-state index in [2.05, 4.69) is 15.6 Å². The van der Waals surface area contributed by atoms with E-state index in [1.54, 1.807) is 54.6 Å². The molecule has 35 heavy (non-hydrogen) atoms. The van der Waals surface area contributed by atoms with E-state index in [0.29, 0.717) is 26.9 Å². The standard InChI is InChI=1S/C25H25Cl3N4O3/c1-15(2)32(14-22(33)17-7-10-20(26)21(27)12-17)25(35)31-18-8-5-16(6-9-18)13-30-24(34)19-4-3-11-29-23(19)28/h3-12,15,22,33H,13-14H2,1-2H3,(H,30,34)(H,31,35)/t22-/m1/s1. The zero-order valence-electron chi connectivity index (χ0n) is 19.1. The molecule has 0 aliphatic heterocycles. The maximum Gasteiger partial charge on any atom is 0.322 e. The number of hydrogen-bond acceptors (Lipinski definition) is 4. The fourth-order valence-electron chi connectivity index (χ4n) is 3.27. The predicted octanol–water partition coefficient (Wildman–Crippen LogP) is 5.95. The lowest BCUT2D eigenvalue weighted by atomic mass is 10.1. The van der Waals surface area contributed by atoms with Gasteiger partial charge in [0.2, 0.25) is 0 Å². The van der Waals surface area contributed by atoms with Crippen molar-refractivity contribution >= 4 is 52.4 Å². The average Bonchev–Trinajstić information content (AvgIpc) is 2.83. The Bertz CT molecular complexity index is 1190. The summed E-state index contributed by atoms with van der Waals surface area (Å²) in [5, 5.41) is 17.1. The van der Waals surface area contributed by atoms with Crippen LogP contribution in [-0.2, 0) is 6.54 Å². The molecule has 3 rings (SSSR count). The molecule has 0 bridgehead atoms. The number of nitrogens with one attached hydrogen (secondary N) is 2. The van der Waals surface area contributed by atoms with Gasteiger partial charge in [-0.2, -0.15) is 0 Å². The zero-order valence-corrected chi connectivity index (χ0v) is 21.4. The molecule has 3 aromatic rings. The van der Waals surface area contributed by atoms with E-state index in [0.717, 1.165) is 5.56 Å². The van der Waals surface area contributed by atoms with Crippen LogP contribution >= 0.6 is 34.8 Å². The van der Waals surface area contributed by atoms with Gasteiger partial charge in [-0.15, -0.1) is 0 Å². The molecule has 0 radical (unpaired) electrons. The number of nitrogens with zero attached hydrogens (tertiary/aromatic N) is 2. The van der Waals surface area contributed by atoms with Gasteiger partial charge in [-0.1, -0.05) is 53.0 Å². The molecule has 0 spiro atoms. The van der Waals surface area contributed by atoms with Crippen LogP contribution in [0.1, 0.15) is 41.4 Å². The number of aliphatic hydroxyl groups excluding tert-OH is 1. The van der Waals surface area contributed by atoms with Gasteiger partial charge < -0.3 is 20.6 Å². The summed E-state index contributed by atoms with van der Waals surface area (Å²) >= 11 is 18.0. The minimum atomic E-state index is -0.933. The molecule has 0 saturated heterocycles. The zero-order chi connectivity index (χ0) is 25.5. The quantitative estimate of drug-likeness (QED) is 0.311. The Morgan fingerprint density at radius 2 is 1.74 bits per heavy atom. The summed E-state index contributed by atoms with van der Waals surface area (Å²) in [5.41, 5.74) is 2.29. The molecule has 3 amide bonds. The summed E-state index contributed by atoms with van der Waals surface area (Å²) in [7, 11) is 0. The van der Waals surface area contributed by atoms with E-state index < -0.39 is 6.10 Å². The third-order valence-corrected chi connectivity index (χ3v) is 6.28. The van der Waals surface area contributed by atoms with E-state index in [4.69, 9.17) is 34.8 Å². The molecule has 3 N–H and O–H groups in total. The van der Waals surface area contributed by atoms with Gasteiger partial charge in [0.25, 0.3) is 5.91 Å². The third kappa shape index (κ3) is 7.32. The van der Waals surface area contributed by atoms with Crippen molar-refractivity contribution in [2.45, 2.75) is 32.5 Å². The molecule has 184 valence electrons.